The minimum absolute atomic E-state index is 0.129. The van der Waals surface area contributed by atoms with E-state index in [-0.39, 0.29) is 5.75 Å². The van der Waals surface area contributed by atoms with Gasteiger partial charge in [-0.1, -0.05) is 6.92 Å². The first-order valence-corrected chi connectivity index (χ1v) is 5.04. The quantitative estimate of drug-likeness (QED) is 0.816. The van der Waals surface area contributed by atoms with E-state index in [0.717, 1.165) is 6.42 Å². The lowest BCUT2D eigenvalue weighted by Gasteiger charge is -2.13. The largest absolute Gasteiger partial charge is 0.497 e. The summed E-state index contributed by atoms with van der Waals surface area (Å²) in [6.07, 6.45) is 0.894. The third kappa shape index (κ3) is 3.56. The molecule has 90 valence electrons. The number of benzene rings is 1. The van der Waals surface area contributed by atoms with E-state index < -0.39 is 6.61 Å². The van der Waals surface area contributed by atoms with Crippen LogP contribution in [-0.2, 0) is 0 Å². The van der Waals surface area contributed by atoms with E-state index in [1.54, 1.807) is 12.1 Å². The molecule has 0 aliphatic rings. The predicted molar refractivity (Wildman–Crippen MR) is 58.4 cm³/mol. The molecule has 0 saturated carbocycles. The number of nitrogens with one attached hydrogen (secondary N) is 1. The van der Waals surface area contributed by atoms with Crippen molar-refractivity contribution in [3.05, 3.63) is 18.2 Å². The number of anilines is 1. The Kier molecular flexibility index (Phi) is 4.82. The SMILES string of the molecule is CCCNc1cc(OC)ccc1OC(F)F. The molecule has 0 atom stereocenters. The molecule has 0 amide bonds. The van der Waals surface area contributed by atoms with Gasteiger partial charge in [-0.2, -0.15) is 8.78 Å². The third-order valence-electron chi connectivity index (χ3n) is 1.97. The number of alkyl halides is 2. The standard InChI is InChI=1S/C11H15F2NO2/c1-3-6-14-9-7-8(15-2)4-5-10(9)16-11(12)13/h4-5,7,11,14H,3,6H2,1-2H3. The van der Waals surface area contributed by atoms with Crippen LogP contribution in [0.1, 0.15) is 13.3 Å². The Balaban J connectivity index is 2.87. The number of ether oxygens (including phenoxy) is 2. The normalized spacial score (nSPS) is 10.3. The smallest absolute Gasteiger partial charge is 0.387 e. The summed E-state index contributed by atoms with van der Waals surface area (Å²) in [5, 5.41) is 3.00. The number of hydrogen-bond acceptors (Lipinski definition) is 3. The molecule has 0 fully saturated rings. The summed E-state index contributed by atoms with van der Waals surface area (Å²) in [5.74, 6) is 0.726. The summed E-state index contributed by atoms with van der Waals surface area (Å²) < 4.78 is 33.6. The van der Waals surface area contributed by atoms with Crippen molar-refractivity contribution >= 4 is 5.69 Å². The van der Waals surface area contributed by atoms with Gasteiger partial charge in [0.15, 0.2) is 0 Å². The molecule has 5 heteroatoms. The van der Waals surface area contributed by atoms with Gasteiger partial charge in [0.1, 0.15) is 11.5 Å². The van der Waals surface area contributed by atoms with Crippen LogP contribution in [0.2, 0.25) is 0 Å². The molecule has 0 aromatic heterocycles. The van der Waals surface area contributed by atoms with Gasteiger partial charge >= 0.3 is 6.61 Å². The highest BCUT2D eigenvalue weighted by Gasteiger charge is 2.10. The summed E-state index contributed by atoms with van der Waals surface area (Å²) in [7, 11) is 1.52. The number of halogens is 2. The van der Waals surface area contributed by atoms with Gasteiger partial charge in [-0.15, -0.1) is 0 Å². The van der Waals surface area contributed by atoms with E-state index in [1.165, 1.54) is 13.2 Å². The number of rotatable bonds is 6. The minimum Gasteiger partial charge on any atom is -0.497 e. The Morgan fingerprint density at radius 1 is 1.38 bits per heavy atom. The Labute approximate surface area is 93.4 Å². The molecule has 1 N–H and O–H groups in total. The van der Waals surface area contributed by atoms with Crippen LogP contribution in [0, 0.1) is 0 Å². The Morgan fingerprint density at radius 3 is 2.69 bits per heavy atom. The molecule has 0 aliphatic carbocycles. The summed E-state index contributed by atoms with van der Waals surface area (Å²) in [6, 6.07) is 4.67. The van der Waals surface area contributed by atoms with Crippen LogP contribution in [0.25, 0.3) is 0 Å². The molecule has 3 nitrogen and oxygen atoms in total. The van der Waals surface area contributed by atoms with Gasteiger partial charge in [0.25, 0.3) is 0 Å². The molecule has 0 aliphatic heterocycles. The first-order valence-electron chi connectivity index (χ1n) is 5.04. The van der Waals surface area contributed by atoms with Crippen LogP contribution >= 0.6 is 0 Å². The van der Waals surface area contributed by atoms with Crippen molar-refractivity contribution in [3.63, 3.8) is 0 Å². The number of methoxy groups -OCH3 is 1. The molecule has 1 aromatic rings. The Hall–Kier alpha value is -1.52. The molecule has 1 aromatic carbocycles. The summed E-state index contributed by atoms with van der Waals surface area (Å²) in [5.41, 5.74) is 0.515. The molecule has 0 spiro atoms. The number of hydrogen-bond donors (Lipinski definition) is 1. The van der Waals surface area contributed by atoms with Crippen LogP contribution in [-0.4, -0.2) is 20.3 Å². The fourth-order valence-corrected chi connectivity index (χ4v) is 1.23. The van der Waals surface area contributed by atoms with E-state index in [1.807, 2.05) is 6.92 Å². The zero-order valence-corrected chi connectivity index (χ0v) is 9.30. The van der Waals surface area contributed by atoms with Crippen LogP contribution < -0.4 is 14.8 Å². The van der Waals surface area contributed by atoms with Crippen molar-refractivity contribution in [2.24, 2.45) is 0 Å². The maximum Gasteiger partial charge on any atom is 0.387 e. The van der Waals surface area contributed by atoms with Gasteiger partial charge < -0.3 is 14.8 Å². The Morgan fingerprint density at radius 2 is 2.12 bits per heavy atom. The Bertz CT molecular complexity index is 332. The maximum atomic E-state index is 12.1. The minimum atomic E-state index is -2.82. The third-order valence-corrected chi connectivity index (χ3v) is 1.97. The zero-order chi connectivity index (χ0) is 12.0. The van der Waals surface area contributed by atoms with Gasteiger partial charge in [0.05, 0.1) is 12.8 Å². The predicted octanol–water partition coefficient (Wildman–Crippen LogP) is 3.12. The second kappa shape index (κ2) is 6.15. The van der Waals surface area contributed by atoms with Gasteiger partial charge in [-0.25, -0.2) is 0 Å². The van der Waals surface area contributed by atoms with Crippen molar-refractivity contribution in [1.29, 1.82) is 0 Å². The fraction of sp³-hybridized carbons (Fsp3) is 0.455. The summed E-state index contributed by atoms with van der Waals surface area (Å²) >= 11 is 0. The highest BCUT2D eigenvalue weighted by molar-refractivity contribution is 5.59. The average molecular weight is 231 g/mol. The lowest BCUT2D eigenvalue weighted by Crippen LogP contribution is -2.07. The van der Waals surface area contributed by atoms with E-state index in [0.29, 0.717) is 18.0 Å². The first kappa shape index (κ1) is 12.5. The molecular weight excluding hydrogens is 216 g/mol. The molecule has 0 unspecified atom stereocenters. The van der Waals surface area contributed by atoms with Crippen LogP contribution in [0.3, 0.4) is 0 Å². The fourth-order valence-electron chi connectivity index (χ4n) is 1.23. The topological polar surface area (TPSA) is 30.5 Å². The van der Waals surface area contributed by atoms with Crippen molar-refractivity contribution in [1.82, 2.24) is 0 Å². The average Bonchev–Trinajstić information content (AvgIpc) is 2.27. The second-order valence-electron chi connectivity index (χ2n) is 3.17. The van der Waals surface area contributed by atoms with Gasteiger partial charge in [-0.3, -0.25) is 0 Å². The van der Waals surface area contributed by atoms with E-state index in [9.17, 15) is 8.78 Å². The van der Waals surface area contributed by atoms with Crippen molar-refractivity contribution in [3.8, 4) is 11.5 Å². The summed E-state index contributed by atoms with van der Waals surface area (Å²) in [6.45, 7) is -0.149. The monoisotopic (exact) mass is 231 g/mol. The molecule has 0 radical (unpaired) electrons. The highest BCUT2D eigenvalue weighted by Crippen LogP contribution is 2.30. The van der Waals surface area contributed by atoms with E-state index >= 15 is 0 Å². The van der Waals surface area contributed by atoms with E-state index in [4.69, 9.17) is 4.74 Å². The van der Waals surface area contributed by atoms with Gasteiger partial charge in [0, 0.05) is 12.6 Å². The van der Waals surface area contributed by atoms with Crippen molar-refractivity contribution < 1.29 is 18.3 Å². The zero-order valence-electron chi connectivity index (χ0n) is 9.30. The lowest BCUT2D eigenvalue weighted by molar-refractivity contribution is -0.0493. The maximum absolute atomic E-state index is 12.1. The van der Waals surface area contributed by atoms with Crippen LogP contribution in [0.15, 0.2) is 18.2 Å². The molecule has 16 heavy (non-hydrogen) atoms. The van der Waals surface area contributed by atoms with E-state index in [2.05, 4.69) is 10.1 Å². The van der Waals surface area contributed by atoms with Crippen molar-refractivity contribution in [2.75, 3.05) is 19.0 Å². The van der Waals surface area contributed by atoms with Crippen LogP contribution in [0.5, 0.6) is 11.5 Å². The first-order chi connectivity index (χ1) is 7.67. The van der Waals surface area contributed by atoms with Gasteiger partial charge in [0.2, 0.25) is 0 Å². The highest BCUT2D eigenvalue weighted by atomic mass is 19.3. The molecule has 0 saturated heterocycles. The van der Waals surface area contributed by atoms with Crippen LogP contribution in [0.4, 0.5) is 14.5 Å². The van der Waals surface area contributed by atoms with Gasteiger partial charge in [-0.05, 0) is 18.6 Å². The molecule has 0 bridgehead atoms. The summed E-state index contributed by atoms with van der Waals surface area (Å²) in [4.78, 5) is 0. The lowest BCUT2D eigenvalue weighted by atomic mass is 10.2. The van der Waals surface area contributed by atoms with Crippen molar-refractivity contribution in [2.45, 2.75) is 20.0 Å². The second-order valence-corrected chi connectivity index (χ2v) is 3.17. The molecule has 0 heterocycles. The molecule has 1 rings (SSSR count). The molecular formula is C11H15F2NO2.